The number of piperazine rings is 1. The predicted molar refractivity (Wildman–Crippen MR) is 106 cm³/mol. The molecule has 1 aliphatic rings. The summed E-state index contributed by atoms with van der Waals surface area (Å²) in [6.45, 7) is 8.50. The quantitative estimate of drug-likeness (QED) is 0.793. The minimum Gasteiger partial charge on any atom is -0.444 e. The molecule has 0 aliphatic carbocycles. The summed E-state index contributed by atoms with van der Waals surface area (Å²) in [6, 6.07) is 10.3. The average Bonchev–Trinajstić information content (AvgIpc) is 2.60. The summed E-state index contributed by atoms with van der Waals surface area (Å²) < 4.78 is 5.35. The van der Waals surface area contributed by atoms with E-state index in [4.69, 9.17) is 4.74 Å². The third kappa shape index (κ3) is 6.54. The van der Waals surface area contributed by atoms with Crippen molar-refractivity contribution in [2.75, 3.05) is 40.3 Å². The molecule has 27 heavy (non-hydrogen) atoms. The molecule has 0 radical (unpaired) electrons. The van der Waals surface area contributed by atoms with Crippen LogP contribution in [0.2, 0.25) is 0 Å². The number of carbonyl (C=O) groups excluding carboxylic acids is 2. The van der Waals surface area contributed by atoms with E-state index in [9.17, 15) is 9.59 Å². The number of ether oxygens (including phenoxy) is 1. The normalized spacial score (nSPS) is 18.3. The number of amides is 2. The molecular weight excluding hydrogens is 342 g/mol. The molecule has 1 fully saturated rings. The van der Waals surface area contributed by atoms with Gasteiger partial charge in [-0.15, -0.1) is 0 Å². The fourth-order valence-corrected chi connectivity index (χ4v) is 3.22. The van der Waals surface area contributed by atoms with Gasteiger partial charge in [0.25, 0.3) is 0 Å². The molecule has 1 aromatic rings. The number of hydrogen-bond donors (Lipinski definition) is 0. The fourth-order valence-electron chi connectivity index (χ4n) is 3.22. The van der Waals surface area contributed by atoms with Gasteiger partial charge in [0.1, 0.15) is 5.60 Å². The maximum absolute atomic E-state index is 12.8. The third-order valence-corrected chi connectivity index (χ3v) is 4.68. The highest BCUT2D eigenvalue weighted by atomic mass is 16.6. The van der Waals surface area contributed by atoms with Gasteiger partial charge >= 0.3 is 6.09 Å². The number of hydrogen-bond acceptors (Lipinski definition) is 4. The number of carbonyl (C=O) groups is 2. The highest BCUT2D eigenvalue weighted by Crippen LogP contribution is 2.25. The van der Waals surface area contributed by atoms with Gasteiger partial charge < -0.3 is 19.4 Å². The summed E-state index contributed by atoms with van der Waals surface area (Å²) in [7, 11) is 3.80. The van der Waals surface area contributed by atoms with Crippen LogP contribution in [-0.2, 0) is 9.53 Å². The molecule has 1 aromatic carbocycles. The van der Waals surface area contributed by atoms with E-state index in [1.54, 1.807) is 7.05 Å². The van der Waals surface area contributed by atoms with Crippen LogP contribution in [0.25, 0.3) is 0 Å². The highest BCUT2D eigenvalue weighted by molar-refractivity contribution is 5.77. The molecule has 0 spiro atoms. The monoisotopic (exact) mass is 375 g/mol. The van der Waals surface area contributed by atoms with Crippen molar-refractivity contribution < 1.29 is 14.3 Å². The number of likely N-dealkylation sites (N-methyl/N-ethyl adjacent to an activating group) is 1. The molecule has 2 amide bonds. The first kappa shape index (κ1) is 21.2. The Kier molecular flexibility index (Phi) is 7.25. The summed E-state index contributed by atoms with van der Waals surface area (Å²) >= 11 is 0. The second-order valence-corrected chi connectivity index (χ2v) is 8.28. The first-order valence-corrected chi connectivity index (χ1v) is 9.64. The van der Waals surface area contributed by atoms with Crippen LogP contribution in [0.1, 0.15) is 45.2 Å². The Morgan fingerprint density at radius 3 is 2.48 bits per heavy atom. The van der Waals surface area contributed by atoms with Crippen molar-refractivity contribution >= 4 is 12.0 Å². The second kappa shape index (κ2) is 9.22. The minimum atomic E-state index is -0.510. The van der Waals surface area contributed by atoms with E-state index >= 15 is 0 Å². The van der Waals surface area contributed by atoms with Crippen LogP contribution in [0, 0.1) is 0 Å². The van der Waals surface area contributed by atoms with Crippen LogP contribution >= 0.6 is 0 Å². The molecule has 1 saturated heterocycles. The molecule has 0 aromatic heterocycles. The second-order valence-electron chi connectivity index (χ2n) is 8.28. The van der Waals surface area contributed by atoms with Gasteiger partial charge in [-0.2, -0.15) is 0 Å². The van der Waals surface area contributed by atoms with Gasteiger partial charge in [0.2, 0.25) is 5.91 Å². The van der Waals surface area contributed by atoms with Crippen molar-refractivity contribution in [2.45, 2.75) is 45.3 Å². The molecular formula is C21H33N3O3. The maximum atomic E-state index is 12.8. The Hall–Kier alpha value is -2.08. The molecule has 150 valence electrons. The van der Waals surface area contributed by atoms with Crippen molar-refractivity contribution in [1.29, 1.82) is 0 Å². The van der Waals surface area contributed by atoms with Gasteiger partial charge in [0, 0.05) is 39.6 Å². The zero-order chi connectivity index (χ0) is 20.0. The molecule has 0 N–H and O–H groups in total. The molecule has 1 aliphatic heterocycles. The fraction of sp³-hybridized carbons (Fsp3) is 0.619. The van der Waals surface area contributed by atoms with E-state index in [1.807, 2.05) is 43.9 Å². The molecule has 6 nitrogen and oxygen atoms in total. The lowest BCUT2D eigenvalue weighted by molar-refractivity contribution is -0.136. The lowest BCUT2D eigenvalue weighted by atomic mass is 10.0. The van der Waals surface area contributed by atoms with E-state index < -0.39 is 5.60 Å². The molecule has 1 atom stereocenters. The molecule has 1 heterocycles. The number of rotatable bonds is 5. The van der Waals surface area contributed by atoms with Gasteiger partial charge in [0.15, 0.2) is 0 Å². The Labute approximate surface area is 163 Å². The van der Waals surface area contributed by atoms with Crippen LogP contribution in [0.15, 0.2) is 30.3 Å². The smallest absolute Gasteiger partial charge is 0.410 e. The first-order valence-electron chi connectivity index (χ1n) is 9.64. The van der Waals surface area contributed by atoms with E-state index in [0.717, 1.165) is 19.6 Å². The molecule has 1 unspecified atom stereocenters. The summed E-state index contributed by atoms with van der Waals surface area (Å²) in [5.74, 6) is 0.148. The van der Waals surface area contributed by atoms with Crippen molar-refractivity contribution in [1.82, 2.24) is 14.7 Å². The van der Waals surface area contributed by atoms with E-state index in [2.05, 4.69) is 24.1 Å². The van der Waals surface area contributed by atoms with Crippen LogP contribution < -0.4 is 0 Å². The van der Waals surface area contributed by atoms with Gasteiger partial charge in [-0.05, 0) is 39.8 Å². The zero-order valence-corrected chi connectivity index (χ0v) is 17.3. The van der Waals surface area contributed by atoms with Gasteiger partial charge in [0.05, 0.1) is 6.04 Å². The molecule has 2 rings (SSSR count). The minimum absolute atomic E-state index is 0.0843. The van der Waals surface area contributed by atoms with Crippen LogP contribution in [-0.4, -0.2) is 72.6 Å². The summed E-state index contributed by atoms with van der Waals surface area (Å²) in [6.07, 6.45) is 0.708. The van der Waals surface area contributed by atoms with Crippen molar-refractivity contribution in [3.05, 3.63) is 35.9 Å². The molecule has 0 bridgehead atoms. The molecule has 6 heteroatoms. The predicted octanol–water partition coefficient (Wildman–Crippen LogP) is 3.15. The topological polar surface area (TPSA) is 53.1 Å². The summed E-state index contributed by atoms with van der Waals surface area (Å²) in [5, 5.41) is 0. The lowest BCUT2D eigenvalue weighted by Crippen LogP contribution is -2.49. The highest BCUT2D eigenvalue weighted by Gasteiger charge is 2.30. The van der Waals surface area contributed by atoms with Gasteiger partial charge in [-0.25, -0.2) is 4.79 Å². The zero-order valence-electron chi connectivity index (χ0n) is 17.3. The van der Waals surface area contributed by atoms with Gasteiger partial charge in [-0.3, -0.25) is 4.79 Å². The Bertz CT molecular complexity index is 627. The van der Waals surface area contributed by atoms with Crippen LogP contribution in [0.4, 0.5) is 4.79 Å². The van der Waals surface area contributed by atoms with Crippen molar-refractivity contribution in [2.24, 2.45) is 0 Å². The standard InChI is InChI=1S/C21H33N3O3/c1-21(2,3)27-20(26)23(5)13-9-12-19(25)24-15-14-22(4)16-18(24)17-10-7-6-8-11-17/h6-8,10-11,18H,9,12-16H2,1-5H3. The summed E-state index contributed by atoms with van der Waals surface area (Å²) in [4.78, 5) is 30.6. The van der Waals surface area contributed by atoms with E-state index in [0.29, 0.717) is 19.4 Å². The summed E-state index contributed by atoms with van der Waals surface area (Å²) in [5.41, 5.74) is 0.660. The van der Waals surface area contributed by atoms with E-state index in [-0.39, 0.29) is 18.0 Å². The van der Waals surface area contributed by atoms with Crippen LogP contribution in [0.5, 0.6) is 0 Å². The first-order chi connectivity index (χ1) is 12.7. The Balaban J connectivity index is 1.89. The largest absolute Gasteiger partial charge is 0.444 e. The third-order valence-electron chi connectivity index (χ3n) is 4.68. The molecule has 0 saturated carbocycles. The van der Waals surface area contributed by atoms with Crippen LogP contribution in [0.3, 0.4) is 0 Å². The lowest BCUT2D eigenvalue weighted by Gasteiger charge is -2.40. The average molecular weight is 376 g/mol. The van der Waals surface area contributed by atoms with Gasteiger partial charge in [-0.1, -0.05) is 30.3 Å². The maximum Gasteiger partial charge on any atom is 0.410 e. The van der Waals surface area contributed by atoms with E-state index in [1.165, 1.54) is 10.5 Å². The van der Waals surface area contributed by atoms with Crippen molar-refractivity contribution in [3.8, 4) is 0 Å². The Morgan fingerprint density at radius 1 is 1.19 bits per heavy atom. The van der Waals surface area contributed by atoms with Crippen molar-refractivity contribution in [3.63, 3.8) is 0 Å². The Morgan fingerprint density at radius 2 is 1.85 bits per heavy atom. The number of nitrogens with zero attached hydrogens (tertiary/aromatic N) is 3. The SMILES string of the molecule is CN1CCN(C(=O)CCCN(C)C(=O)OC(C)(C)C)C(c2ccccc2)C1. The number of benzene rings is 1.